The van der Waals surface area contributed by atoms with Crippen LogP contribution < -0.4 is 10.1 Å². The van der Waals surface area contributed by atoms with E-state index in [0.29, 0.717) is 18.6 Å². The van der Waals surface area contributed by atoms with Crippen LogP contribution in [0.25, 0.3) is 0 Å². The van der Waals surface area contributed by atoms with Gasteiger partial charge in [0.2, 0.25) is 0 Å². The topological polar surface area (TPSA) is 88.5 Å². The van der Waals surface area contributed by atoms with E-state index in [9.17, 15) is 9.59 Å². The molecule has 1 amide bonds. The Bertz CT molecular complexity index is 752. The third-order valence-corrected chi connectivity index (χ3v) is 4.00. The third kappa shape index (κ3) is 5.58. The predicted octanol–water partition coefficient (Wildman–Crippen LogP) is 3.26. The number of carbonyl (C=O) groups excluding carboxylic acids is 1. The Morgan fingerprint density at radius 2 is 1.96 bits per heavy atom. The quantitative estimate of drug-likeness (QED) is 0.758. The van der Waals surface area contributed by atoms with Gasteiger partial charge in [-0.15, -0.1) is 0 Å². The normalized spacial score (nSPS) is 11.7. The van der Waals surface area contributed by atoms with Gasteiger partial charge in [0.25, 0.3) is 5.91 Å². The lowest BCUT2D eigenvalue weighted by molar-refractivity contribution is -0.137. The maximum atomic E-state index is 12.4. The van der Waals surface area contributed by atoms with Crippen molar-refractivity contribution < 1.29 is 19.4 Å². The number of aliphatic carboxylic acids is 1. The summed E-state index contributed by atoms with van der Waals surface area (Å²) in [4.78, 5) is 27.1. The van der Waals surface area contributed by atoms with Crippen LogP contribution in [0.3, 0.4) is 0 Å². The number of nitrogens with zero attached hydrogens (tertiary/aromatic N) is 1. The number of aromatic nitrogens is 1. The molecule has 0 bridgehead atoms. The number of hydrogen-bond donors (Lipinski definition) is 2. The van der Waals surface area contributed by atoms with E-state index >= 15 is 0 Å². The molecule has 2 N–H and O–H groups in total. The van der Waals surface area contributed by atoms with Crippen molar-refractivity contribution in [2.45, 2.75) is 46.3 Å². The van der Waals surface area contributed by atoms with Gasteiger partial charge in [0.15, 0.2) is 0 Å². The Hall–Kier alpha value is -2.89. The molecule has 1 atom stereocenters. The Morgan fingerprint density at radius 3 is 2.54 bits per heavy atom. The highest BCUT2D eigenvalue weighted by atomic mass is 16.5. The van der Waals surface area contributed by atoms with E-state index in [0.717, 1.165) is 22.4 Å². The van der Waals surface area contributed by atoms with Gasteiger partial charge in [0.05, 0.1) is 0 Å². The molecule has 0 saturated carbocycles. The lowest BCUT2D eigenvalue weighted by atomic mass is 10.0. The number of aryl methyl sites for hydroxylation is 2. The lowest BCUT2D eigenvalue weighted by Crippen LogP contribution is -2.33. The molecule has 2 rings (SSSR count). The summed E-state index contributed by atoms with van der Waals surface area (Å²) in [5.41, 5.74) is 3.26. The van der Waals surface area contributed by atoms with Crippen LogP contribution in [0.1, 0.15) is 46.8 Å². The van der Waals surface area contributed by atoms with E-state index in [1.54, 1.807) is 31.5 Å². The van der Waals surface area contributed by atoms with Gasteiger partial charge in [-0.2, -0.15) is 0 Å². The maximum absolute atomic E-state index is 12.4. The monoisotopic (exact) mass is 356 g/mol. The number of carboxylic acids is 1. The van der Waals surface area contributed by atoms with E-state index in [1.165, 1.54) is 0 Å². The summed E-state index contributed by atoms with van der Waals surface area (Å²) in [6, 6.07) is 7.16. The first-order valence-corrected chi connectivity index (χ1v) is 8.52. The third-order valence-electron chi connectivity index (χ3n) is 4.00. The summed E-state index contributed by atoms with van der Waals surface area (Å²) in [5.74, 6) is -0.329. The highest BCUT2D eigenvalue weighted by molar-refractivity contribution is 5.95. The van der Waals surface area contributed by atoms with Crippen LogP contribution in [0, 0.1) is 13.8 Å². The minimum Gasteiger partial charge on any atom is -0.488 e. The second-order valence-electron chi connectivity index (χ2n) is 6.40. The number of hydrogen-bond acceptors (Lipinski definition) is 4. The Labute approximate surface area is 153 Å². The molecule has 138 valence electrons. The molecule has 2 aromatic rings. The van der Waals surface area contributed by atoms with Gasteiger partial charge in [-0.3, -0.25) is 14.6 Å². The summed E-state index contributed by atoms with van der Waals surface area (Å²) >= 11 is 0. The van der Waals surface area contributed by atoms with Gasteiger partial charge >= 0.3 is 5.97 Å². The molecular formula is C20H24N2O4. The zero-order valence-corrected chi connectivity index (χ0v) is 15.3. The molecule has 1 heterocycles. The highest BCUT2D eigenvalue weighted by Crippen LogP contribution is 2.26. The number of benzene rings is 1. The number of pyridine rings is 1. The van der Waals surface area contributed by atoms with Gasteiger partial charge in [0, 0.05) is 36.0 Å². The van der Waals surface area contributed by atoms with Crippen LogP contribution >= 0.6 is 0 Å². The molecule has 26 heavy (non-hydrogen) atoms. The van der Waals surface area contributed by atoms with Gasteiger partial charge in [-0.05, 0) is 56.5 Å². The first-order chi connectivity index (χ1) is 12.4. The summed E-state index contributed by atoms with van der Waals surface area (Å²) in [6.07, 6.45) is 3.89. The van der Waals surface area contributed by atoms with E-state index in [-0.39, 0.29) is 18.4 Å². The van der Waals surface area contributed by atoms with Crippen LogP contribution in [-0.4, -0.2) is 28.0 Å². The Balaban J connectivity index is 2.03. The molecule has 6 nitrogen and oxygen atoms in total. The first kappa shape index (κ1) is 19.4. The fourth-order valence-electron chi connectivity index (χ4n) is 2.67. The van der Waals surface area contributed by atoms with Gasteiger partial charge < -0.3 is 15.2 Å². The molecule has 6 heteroatoms. The average molecular weight is 356 g/mol. The van der Waals surface area contributed by atoms with Crippen molar-refractivity contribution in [1.82, 2.24) is 10.3 Å². The molecule has 0 aliphatic carbocycles. The van der Waals surface area contributed by atoms with Crippen LogP contribution in [0.15, 0.2) is 36.7 Å². The summed E-state index contributed by atoms with van der Waals surface area (Å²) in [6.45, 7) is 6.01. The fraction of sp³-hybridized carbons (Fsp3) is 0.350. The van der Waals surface area contributed by atoms with Crippen LogP contribution in [0.4, 0.5) is 0 Å². The van der Waals surface area contributed by atoms with E-state index in [4.69, 9.17) is 9.84 Å². The van der Waals surface area contributed by atoms with Crippen LogP contribution in [-0.2, 0) is 11.4 Å². The second kappa shape index (κ2) is 8.99. The zero-order valence-electron chi connectivity index (χ0n) is 15.3. The number of rotatable bonds is 8. The molecule has 0 aliphatic heterocycles. The first-order valence-electron chi connectivity index (χ1n) is 8.52. The van der Waals surface area contributed by atoms with Crippen molar-refractivity contribution in [3.63, 3.8) is 0 Å². The maximum Gasteiger partial charge on any atom is 0.303 e. The number of ether oxygens (including phenoxy) is 1. The molecule has 1 aromatic heterocycles. The average Bonchev–Trinajstić information content (AvgIpc) is 2.60. The van der Waals surface area contributed by atoms with Crippen molar-refractivity contribution in [2.24, 2.45) is 0 Å². The molecule has 0 spiro atoms. The zero-order chi connectivity index (χ0) is 19.1. The SMILES string of the molecule is Cc1cc(C(=O)NC(C)CCC(=O)O)cc(C)c1OCc1cccnc1. The van der Waals surface area contributed by atoms with Crippen molar-refractivity contribution >= 4 is 11.9 Å². The largest absolute Gasteiger partial charge is 0.488 e. The lowest BCUT2D eigenvalue weighted by Gasteiger charge is -2.16. The van der Waals surface area contributed by atoms with Crippen molar-refractivity contribution in [1.29, 1.82) is 0 Å². The van der Waals surface area contributed by atoms with Crippen molar-refractivity contribution in [3.8, 4) is 5.75 Å². The highest BCUT2D eigenvalue weighted by Gasteiger charge is 2.14. The molecule has 0 aliphatic rings. The van der Waals surface area contributed by atoms with Gasteiger partial charge in [-0.1, -0.05) is 6.07 Å². The van der Waals surface area contributed by atoms with Gasteiger partial charge in [-0.25, -0.2) is 0 Å². The van der Waals surface area contributed by atoms with Crippen LogP contribution in [0.2, 0.25) is 0 Å². The van der Waals surface area contributed by atoms with Crippen molar-refractivity contribution in [3.05, 3.63) is 58.9 Å². The van der Waals surface area contributed by atoms with Gasteiger partial charge in [0.1, 0.15) is 12.4 Å². The smallest absolute Gasteiger partial charge is 0.303 e. The number of carboxylic acid groups (broad SMARTS) is 1. The van der Waals surface area contributed by atoms with E-state index in [2.05, 4.69) is 10.3 Å². The summed E-state index contributed by atoms with van der Waals surface area (Å²) < 4.78 is 5.90. The number of nitrogens with one attached hydrogen (secondary N) is 1. The number of carbonyl (C=O) groups is 2. The molecule has 1 aromatic carbocycles. The molecule has 0 fully saturated rings. The molecule has 0 radical (unpaired) electrons. The fourth-order valence-corrected chi connectivity index (χ4v) is 2.67. The standard InChI is InChI=1S/C20H24N2O4/c1-13-9-17(20(25)22-15(3)6-7-18(23)24)10-14(2)19(13)26-12-16-5-4-8-21-11-16/h4-5,8-11,15H,6-7,12H2,1-3H3,(H,22,25)(H,23,24). The molecular weight excluding hydrogens is 332 g/mol. The number of amides is 1. The minimum atomic E-state index is -0.868. The predicted molar refractivity (Wildman–Crippen MR) is 98.3 cm³/mol. The van der Waals surface area contributed by atoms with Crippen molar-refractivity contribution in [2.75, 3.05) is 0 Å². The summed E-state index contributed by atoms with van der Waals surface area (Å²) in [7, 11) is 0. The Morgan fingerprint density at radius 1 is 1.27 bits per heavy atom. The second-order valence-corrected chi connectivity index (χ2v) is 6.40. The summed E-state index contributed by atoms with van der Waals surface area (Å²) in [5, 5.41) is 11.6. The minimum absolute atomic E-state index is 0.0284. The van der Waals surface area contributed by atoms with E-state index in [1.807, 2.05) is 26.0 Å². The van der Waals surface area contributed by atoms with Crippen LogP contribution in [0.5, 0.6) is 5.75 Å². The molecule has 0 saturated heterocycles. The molecule has 1 unspecified atom stereocenters. The Kier molecular flexibility index (Phi) is 6.72. The van der Waals surface area contributed by atoms with E-state index < -0.39 is 5.97 Å².